The van der Waals surface area contributed by atoms with E-state index >= 15 is 0 Å². The second-order valence-corrected chi connectivity index (χ2v) is 8.05. The average molecular weight is 418 g/mol. The largest absolute Gasteiger partial charge is 0.507 e. The van der Waals surface area contributed by atoms with Crippen LogP contribution in [0.25, 0.3) is 0 Å². The lowest BCUT2D eigenvalue weighted by Gasteiger charge is -2.32. The average Bonchev–Trinajstić information content (AvgIpc) is 3.02. The van der Waals surface area contributed by atoms with Crippen LogP contribution in [0.2, 0.25) is 0 Å². The molecule has 3 aromatic carbocycles. The van der Waals surface area contributed by atoms with Crippen LogP contribution in [0.15, 0.2) is 42.5 Å². The maximum atomic E-state index is 12.9. The Hall–Kier alpha value is -3.80. The van der Waals surface area contributed by atoms with Crippen LogP contribution in [0, 0.1) is 27.7 Å². The lowest BCUT2D eigenvalue weighted by molar-refractivity contribution is 0.0250. The number of ether oxygens (including phenoxy) is 1. The third kappa shape index (κ3) is 2.94. The van der Waals surface area contributed by atoms with E-state index in [1.54, 1.807) is 52.0 Å². The van der Waals surface area contributed by atoms with Crippen molar-refractivity contribution < 1.29 is 29.6 Å². The van der Waals surface area contributed by atoms with E-state index in [2.05, 4.69) is 0 Å². The van der Waals surface area contributed by atoms with Crippen molar-refractivity contribution in [2.75, 3.05) is 0 Å². The number of aryl methyl sites for hydroxylation is 4. The molecule has 6 heteroatoms. The van der Waals surface area contributed by atoms with E-state index in [1.165, 1.54) is 18.2 Å². The predicted octanol–water partition coefficient (Wildman–Crippen LogP) is 4.49. The van der Waals surface area contributed by atoms with E-state index in [0.29, 0.717) is 38.9 Å². The van der Waals surface area contributed by atoms with Gasteiger partial charge < -0.3 is 20.1 Å². The zero-order valence-electron chi connectivity index (χ0n) is 17.6. The molecule has 1 aliphatic heterocycles. The van der Waals surface area contributed by atoms with Crippen molar-refractivity contribution in [3.05, 3.63) is 92.5 Å². The minimum Gasteiger partial charge on any atom is -0.507 e. The fraction of sp³-hybridized carbons (Fsp3) is 0.200. The van der Waals surface area contributed by atoms with Crippen LogP contribution >= 0.6 is 0 Å². The summed E-state index contributed by atoms with van der Waals surface area (Å²) in [6.07, 6.45) is 0. The number of aromatic hydroxyl groups is 2. The van der Waals surface area contributed by atoms with E-state index in [0.717, 1.165) is 0 Å². The van der Waals surface area contributed by atoms with Gasteiger partial charge in [0.2, 0.25) is 0 Å². The van der Waals surface area contributed by atoms with Crippen molar-refractivity contribution in [1.82, 2.24) is 0 Å². The minimum absolute atomic E-state index is 0.0286. The van der Waals surface area contributed by atoms with Gasteiger partial charge in [-0.05, 0) is 92.4 Å². The number of carbonyl (C=O) groups excluding carboxylic acids is 1. The van der Waals surface area contributed by atoms with Crippen LogP contribution < -0.4 is 0 Å². The smallest absolute Gasteiger partial charge is 0.340 e. The highest BCUT2D eigenvalue weighted by Crippen LogP contribution is 2.49. The molecule has 3 aromatic rings. The topological polar surface area (TPSA) is 104 Å². The molecule has 0 bridgehead atoms. The van der Waals surface area contributed by atoms with Gasteiger partial charge in [0.1, 0.15) is 11.5 Å². The van der Waals surface area contributed by atoms with E-state index in [-0.39, 0.29) is 22.6 Å². The first kappa shape index (κ1) is 20.5. The Bertz CT molecular complexity index is 1170. The Morgan fingerprint density at radius 2 is 1.26 bits per heavy atom. The number of aromatic carboxylic acids is 1. The number of carboxylic acid groups (broad SMARTS) is 1. The molecule has 0 saturated heterocycles. The normalized spacial score (nSPS) is 14.3. The number of phenols is 2. The van der Waals surface area contributed by atoms with E-state index in [1.807, 2.05) is 0 Å². The van der Waals surface area contributed by atoms with Gasteiger partial charge in [-0.1, -0.05) is 0 Å². The molecule has 0 fully saturated rings. The molecule has 158 valence electrons. The van der Waals surface area contributed by atoms with E-state index in [9.17, 15) is 24.9 Å². The van der Waals surface area contributed by atoms with Crippen molar-refractivity contribution in [2.45, 2.75) is 33.3 Å². The lowest BCUT2D eigenvalue weighted by atomic mass is 9.77. The van der Waals surface area contributed by atoms with Gasteiger partial charge in [-0.25, -0.2) is 9.59 Å². The molecule has 0 saturated carbocycles. The summed E-state index contributed by atoms with van der Waals surface area (Å²) in [6, 6.07) is 11.2. The molecule has 0 spiro atoms. The highest BCUT2D eigenvalue weighted by Gasteiger charge is 2.49. The number of carboxylic acids is 1. The maximum absolute atomic E-state index is 12.9. The first-order chi connectivity index (χ1) is 14.6. The van der Waals surface area contributed by atoms with Gasteiger partial charge in [0, 0.05) is 16.7 Å². The third-order valence-corrected chi connectivity index (χ3v) is 5.91. The summed E-state index contributed by atoms with van der Waals surface area (Å²) < 4.78 is 6.03. The van der Waals surface area contributed by atoms with E-state index < -0.39 is 17.5 Å². The number of benzene rings is 3. The van der Waals surface area contributed by atoms with Gasteiger partial charge in [0.25, 0.3) is 0 Å². The zero-order chi connectivity index (χ0) is 22.7. The van der Waals surface area contributed by atoms with Crippen molar-refractivity contribution in [1.29, 1.82) is 0 Å². The maximum Gasteiger partial charge on any atom is 0.340 e. The number of cyclic esters (lactones) is 1. The van der Waals surface area contributed by atoms with Gasteiger partial charge in [-0.15, -0.1) is 0 Å². The summed E-state index contributed by atoms with van der Waals surface area (Å²) in [5, 5.41) is 30.1. The molecule has 0 radical (unpaired) electrons. The third-order valence-electron chi connectivity index (χ3n) is 5.91. The van der Waals surface area contributed by atoms with Crippen molar-refractivity contribution in [3.8, 4) is 11.5 Å². The van der Waals surface area contributed by atoms with Crippen LogP contribution in [0.3, 0.4) is 0 Å². The summed E-state index contributed by atoms with van der Waals surface area (Å²) in [4.78, 5) is 24.6. The Morgan fingerprint density at radius 1 is 0.806 bits per heavy atom. The summed E-state index contributed by atoms with van der Waals surface area (Å²) in [6.45, 7) is 6.99. The summed E-state index contributed by atoms with van der Waals surface area (Å²) in [5.74, 6) is -1.41. The Balaban J connectivity index is 2.15. The second kappa shape index (κ2) is 6.87. The molecule has 1 heterocycles. The molecule has 3 N–H and O–H groups in total. The molecule has 4 rings (SSSR count). The first-order valence-corrected chi connectivity index (χ1v) is 9.78. The van der Waals surface area contributed by atoms with Gasteiger partial charge in [0.15, 0.2) is 5.60 Å². The van der Waals surface area contributed by atoms with Gasteiger partial charge in [-0.3, -0.25) is 0 Å². The number of phenolic OH excluding ortho intramolecular Hbond substituents is 2. The number of carbonyl (C=O) groups is 2. The molecule has 6 nitrogen and oxygen atoms in total. The lowest BCUT2D eigenvalue weighted by Crippen LogP contribution is -2.30. The Morgan fingerprint density at radius 3 is 1.68 bits per heavy atom. The Labute approximate surface area is 179 Å². The molecule has 0 unspecified atom stereocenters. The fourth-order valence-electron chi connectivity index (χ4n) is 4.31. The number of hydrogen-bond donors (Lipinski definition) is 3. The van der Waals surface area contributed by atoms with Gasteiger partial charge in [0.05, 0.1) is 11.1 Å². The number of hydrogen-bond acceptors (Lipinski definition) is 5. The van der Waals surface area contributed by atoms with Crippen LogP contribution in [-0.4, -0.2) is 27.3 Å². The number of rotatable bonds is 3. The summed E-state index contributed by atoms with van der Waals surface area (Å²) in [7, 11) is 0. The number of esters is 1. The minimum atomic E-state index is -1.43. The molecular weight excluding hydrogens is 396 g/mol. The van der Waals surface area contributed by atoms with Crippen molar-refractivity contribution in [3.63, 3.8) is 0 Å². The molecule has 0 aliphatic carbocycles. The highest BCUT2D eigenvalue weighted by atomic mass is 16.6. The molecule has 1 aliphatic rings. The molecular formula is C25H22O6. The molecule has 0 amide bonds. The van der Waals surface area contributed by atoms with Crippen LogP contribution in [0.5, 0.6) is 11.5 Å². The fourth-order valence-corrected chi connectivity index (χ4v) is 4.31. The van der Waals surface area contributed by atoms with Crippen LogP contribution in [-0.2, 0) is 10.3 Å². The zero-order valence-corrected chi connectivity index (χ0v) is 17.6. The summed E-state index contributed by atoms with van der Waals surface area (Å²) in [5.41, 5.74) is 2.84. The van der Waals surface area contributed by atoms with Gasteiger partial charge >= 0.3 is 11.9 Å². The van der Waals surface area contributed by atoms with Crippen LogP contribution in [0.4, 0.5) is 0 Å². The first-order valence-electron chi connectivity index (χ1n) is 9.78. The summed E-state index contributed by atoms with van der Waals surface area (Å²) >= 11 is 0. The quantitative estimate of drug-likeness (QED) is 0.542. The standard InChI is InChI=1S/C25H22O6/c1-12-7-17(8-13(2)21(12)26)25(18-9-14(3)22(27)15(4)10-18)20-11-16(23(28)29)5-6-19(20)24(30)31-25/h5-11,26-27H,1-4H3,(H,28,29). The number of fused-ring (bicyclic) bond motifs is 1. The molecule has 31 heavy (non-hydrogen) atoms. The highest BCUT2D eigenvalue weighted by molar-refractivity contribution is 5.98. The monoisotopic (exact) mass is 418 g/mol. The predicted molar refractivity (Wildman–Crippen MR) is 114 cm³/mol. The van der Waals surface area contributed by atoms with Crippen molar-refractivity contribution in [2.24, 2.45) is 0 Å². The van der Waals surface area contributed by atoms with E-state index in [4.69, 9.17) is 4.74 Å². The van der Waals surface area contributed by atoms with Crippen LogP contribution in [0.1, 0.15) is 59.7 Å². The molecule has 0 aromatic heterocycles. The second-order valence-electron chi connectivity index (χ2n) is 8.05. The molecule has 0 atom stereocenters. The Kier molecular flexibility index (Phi) is 4.54. The van der Waals surface area contributed by atoms with Crippen molar-refractivity contribution >= 4 is 11.9 Å². The SMILES string of the molecule is Cc1cc(C2(c3cc(C)c(O)c(C)c3)OC(=O)c3ccc(C(=O)O)cc32)cc(C)c1O. The van der Waals surface area contributed by atoms with Gasteiger partial charge in [-0.2, -0.15) is 0 Å².